The summed E-state index contributed by atoms with van der Waals surface area (Å²) >= 11 is 13.2. The Bertz CT molecular complexity index is 1710. The van der Waals surface area contributed by atoms with E-state index in [0.29, 0.717) is 27.8 Å². The van der Waals surface area contributed by atoms with Gasteiger partial charge in [0, 0.05) is 41.8 Å². The number of anilines is 1. The van der Waals surface area contributed by atoms with E-state index in [4.69, 9.17) is 32.7 Å². The third kappa shape index (κ3) is 8.06. The number of para-hydroxylation sites is 1. The minimum Gasteiger partial charge on any atom is -0.487 e. The van der Waals surface area contributed by atoms with Gasteiger partial charge in [0.05, 0.1) is 17.3 Å². The highest BCUT2D eigenvalue weighted by atomic mass is 35.5. The number of rotatable bonds is 11. The highest BCUT2D eigenvalue weighted by Crippen LogP contribution is 2.35. The van der Waals surface area contributed by atoms with Crippen LogP contribution in [0.1, 0.15) is 23.7 Å². The average Bonchev–Trinajstić information content (AvgIpc) is 3.02. The van der Waals surface area contributed by atoms with Crippen molar-refractivity contribution in [1.82, 2.24) is 15.6 Å². The molecule has 1 heterocycles. The fourth-order valence-electron chi connectivity index (χ4n) is 4.23. The van der Waals surface area contributed by atoms with Crippen LogP contribution in [-0.4, -0.2) is 49.4 Å². The number of benzene rings is 3. The quantitative estimate of drug-likeness (QED) is 0.204. The number of pyridine rings is 1. The van der Waals surface area contributed by atoms with Crippen molar-refractivity contribution in [3.63, 3.8) is 0 Å². The smallest absolute Gasteiger partial charge is 0.260 e. The first kappa shape index (κ1) is 32.3. The molecule has 2 N–H and O–H groups in total. The lowest BCUT2D eigenvalue weighted by Gasteiger charge is -2.21. The van der Waals surface area contributed by atoms with Crippen LogP contribution in [-0.2, 0) is 21.0 Å². The number of amides is 3. The summed E-state index contributed by atoms with van der Waals surface area (Å²) in [7, 11) is 3.11. The third-order valence-corrected chi connectivity index (χ3v) is 7.52. The van der Waals surface area contributed by atoms with Gasteiger partial charge in [0.15, 0.2) is 6.10 Å². The van der Waals surface area contributed by atoms with E-state index in [1.165, 1.54) is 11.0 Å². The molecular formula is C33H32Cl2N4O5. The number of hydrogen-bond acceptors (Lipinski definition) is 6. The van der Waals surface area contributed by atoms with Gasteiger partial charge in [-0.3, -0.25) is 14.4 Å². The number of aromatic nitrogens is 1. The van der Waals surface area contributed by atoms with Crippen LogP contribution in [0.3, 0.4) is 0 Å². The maximum Gasteiger partial charge on any atom is 0.260 e. The van der Waals surface area contributed by atoms with E-state index in [9.17, 15) is 14.4 Å². The predicted octanol–water partition coefficient (Wildman–Crippen LogP) is 5.73. The summed E-state index contributed by atoms with van der Waals surface area (Å²) in [6, 6.07) is 19.7. The normalized spacial score (nSPS) is 11.7. The Balaban J connectivity index is 1.35. The molecule has 0 fully saturated rings. The van der Waals surface area contributed by atoms with Crippen LogP contribution in [0.15, 0.2) is 72.8 Å². The maximum absolute atomic E-state index is 12.9. The number of likely N-dealkylation sites (N-methyl/N-ethyl adjacent to an activating group) is 2. The summed E-state index contributed by atoms with van der Waals surface area (Å²) in [6.45, 7) is 3.36. The molecule has 9 nitrogen and oxygen atoms in total. The fourth-order valence-corrected chi connectivity index (χ4v) is 4.83. The minimum atomic E-state index is -0.637. The molecule has 0 spiro atoms. The molecule has 4 aromatic rings. The van der Waals surface area contributed by atoms with Crippen LogP contribution >= 0.6 is 23.2 Å². The number of carbonyl (C=O) groups excluding carboxylic acids is 3. The lowest BCUT2D eigenvalue weighted by atomic mass is 10.1. The molecular weight excluding hydrogens is 603 g/mol. The first-order valence-corrected chi connectivity index (χ1v) is 14.5. The molecule has 0 saturated heterocycles. The lowest BCUT2D eigenvalue weighted by Crippen LogP contribution is -2.37. The molecule has 0 saturated carbocycles. The first-order chi connectivity index (χ1) is 21.1. The average molecular weight is 636 g/mol. The van der Waals surface area contributed by atoms with E-state index in [0.717, 1.165) is 22.2 Å². The zero-order valence-corrected chi connectivity index (χ0v) is 26.2. The number of ether oxygens (including phenoxy) is 2. The molecule has 4 rings (SSSR count). The first-order valence-electron chi connectivity index (χ1n) is 13.7. The predicted molar refractivity (Wildman–Crippen MR) is 173 cm³/mol. The summed E-state index contributed by atoms with van der Waals surface area (Å²) in [5.41, 5.74) is 3.27. The van der Waals surface area contributed by atoms with Crippen molar-refractivity contribution in [2.45, 2.75) is 26.6 Å². The molecule has 1 unspecified atom stereocenters. The number of nitrogens with zero attached hydrogens (tertiary/aromatic N) is 2. The van der Waals surface area contributed by atoms with Gasteiger partial charge < -0.3 is 25.0 Å². The minimum absolute atomic E-state index is 0.0595. The largest absolute Gasteiger partial charge is 0.487 e. The molecule has 228 valence electrons. The number of halogens is 2. The molecule has 3 amide bonds. The number of carbonyl (C=O) groups is 3. The molecule has 0 bridgehead atoms. The molecule has 1 aromatic heterocycles. The van der Waals surface area contributed by atoms with E-state index in [1.54, 1.807) is 63.5 Å². The Morgan fingerprint density at radius 1 is 1.02 bits per heavy atom. The van der Waals surface area contributed by atoms with Crippen LogP contribution < -0.4 is 25.0 Å². The van der Waals surface area contributed by atoms with Crippen molar-refractivity contribution in [1.29, 1.82) is 0 Å². The van der Waals surface area contributed by atoms with Crippen molar-refractivity contribution in [2.75, 3.05) is 25.5 Å². The molecule has 0 aliphatic rings. The van der Waals surface area contributed by atoms with Gasteiger partial charge in [-0.1, -0.05) is 53.5 Å². The van der Waals surface area contributed by atoms with E-state index in [-0.39, 0.29) is 30.0 Å². The second-order valence-electron chi connectivity index (χ2n) is 9.88. The van der Waals surface area contributed by atoms with Crippen LogP contribution in [0.2, 0.25) is 10.0 Å². The van der Waals surface area contributed by atoms with Gasteiger partial charge in [0.2, 0.25) is 11.8 Å². The van der Waals surface area contributed by atoms with Gasteiger partial charge in [-0.15, -0.1) is 0 Å². The summed E-state index contributed by atoms with van der Waals surface area (Å²) in [5, 5.41) is 6.71. The van der Waals surface area contributed by atoms with E-state index in [1.807, 2.05) is 37.3 Å². The number of hydrogen-bond donors (Lipinski definition) is 2. The number of nitrogens with one attached hydrogen (secondary N) is 2. The van der Waals surface area contributed by atoms with Crippen molar-refractivity contribution in [3.8, 4) is 11.5 Å². The van der Waals surface area contributed by atoms with E-state index in [2.05, 4.69) is 15.6 Å². The van der Waals surface area contributed by atoms with Crippen molar-refractivity contribution < 1.29 is 23.9 Å². The van der Waals surface area contributed by atoms with Crippen molar-refractivity contribution in [3.05, 3.63) is 99.7 Å². The molecule has 3 aromatic carbocycles. The second-order valence-corrected chi connectivity index (χ2v) is 10.7. The van der Waals surface area contributed by atoms with Gasteiger partial charge >= 0.3 is 0 Å². The SMILES string of the molecule is CNC(=O)C(C)Oc1ccc(C=CC(=O)NCC(=O)N(C)c2ccc(Cl)c(COc3cccc4ccc(C)nc34)c2Cl)cc1. The maximum atomic E-state index is 12.9. The van der Waals surface area contributed by atoms with E-state index < -0.39 is 12.0 Å². The standard InChI is InChI=1S/C33H32Cl2N4O5/c1-20-8-12-23-6-5-7-28(32(23)38-20)43-19-25-26(34)15-16-27(31(25)35)39(4)30(41)18-37-29(40)17-11-22-9-13-24(14-10-22)44-21(2)33(42)36-3/h5-17,21H,18-19H2,1-4H3,(H,36,42)(H,37,40). The Hall–Kier alpha value is -4.60. The van der Waals surface area contributed by atoms with Crippen LogP contribution in [0.4, 0.5) is 5.69 Å². The zero-order chi connectivity index (χ0) is 31.8. The molecule has 11 heteroatoms. The molecule has 44 heavy (non-hydrogen) atoms. The van der Waals surface area contributed by atoms with Gasteiger partial charge in [0.25, 0.3) is 5.91 Å². The van der Waals surface area contributed by atoms with Gasteiger partial charge in [-0.05, 0) is 61.9 Å². The van der Waals surface area contributed by atoms with Crippen molar-refractivity contribution in [2.24, 2.45) is 0 Å². The monoisotopic (exact) mass is 634 g/mol. The molecule has 0 aliphatic carbocycles. The Morgan fingerprint density at radius 3 is 2.50 bits per heavy atom. The molecule has 0 aliphatic heterocycles. The summed E-state index contributed by atoms with van der Waals surface area (Å²) in [5.74, 6) is 0.0404. The van der Waals surface area contributed by atoms with E-state index >= 15 is 0 Å². The second kappa shape index (κ2) is 14.7. The topological polar surface area (TPSA) is 110 Å². The highest BCUT2D eigenvalue weighted by Gasteiger charge is 2.19. The summed E-state index contributed by atoms with van der Waals surface area (Å²) in [6.07, 6.45) is 2.29. The zero-order valence-electron chi connectivity index (χ0n) is 24.7. The van der Waals surface area contributed by atoms with Crippen LogP contribution in [0.5, 0.6) is 11.5 Å². The summed E-state index contributed by atoms with van der Waals surface area (Å²) in [4.78, 5) is 42.9. The molecule has 0 radical (unpaired) electrons. The van der Waals surface area contributed by atoms with Crippen LogP contribution in [0, 0.1) is 6.92 Å². The Labute approximate surface area is 265 Å². The summed E-state index contributed by atoms with van der Waals surface area (Å²) < 4.78 is 11.6. The van der Waals surface area contributed by atoms with Crippen molar-refractivity contribution >= 4 is 63.6 Å². The Kier molecular flexibility index (Phi) is 10.8. The highest BCUT2D eigenvalue weighted by molar-refractivity contribution is 6.38. The molecule has 1 atom stereocenters. The van der Waals surface area contributed by atoms with Gasteiger partial charge in [-0.25, -0.2) is 4.98 Å². The third-order valence-electron chi connectivity index (χ3n) is 6.75. The Morgan fingerprint density at radius 2 is 1.77 bits per heavy atom. The lowest BCUT2D eigenvalue weighted by molar-refractivity contribution is -0.126. The number of aryl methyl sites for hydroxylation is 1. The van der Waals surface area contributed by atoms with Crippen LogP contribution in [0.25, 0.3) is 17.0 Å². The number of fused-ring (bicyclic) bond motifs is 1. The van der Waals surface area contributed by atoms with Gasteiger partial charge in [0.1, 0.15) is 23.6 Å². The fraction of sp³-hybridized carbons (Fsp3) is 0.212. The van der Waals surface area contributed by atoms with Gasteiger partial charge in [-0.2, -0.15) is 0 Å².